The fourth-order valence-corrected chi connectivity index (χ4v) is 3.01. The Morgan fingerprint density at radius 2 is 2.11 bits per heavy atom. The first-order chi connectivity index (χ1) is 13.3. The van der Waals surface area contributed by atoms with Crippen LogP contribution in [0.15, 0.2) is 55.1 Å². The number of nitrogens with one attached hydrogen (secondary N) is 2. The summed E-state index contributed by atoms with van der Waals surface area (Å²) in [6, 6.07) is 9.44. The lowest BCUT2D eigenvalue weighted by molar-refractivity contribution is 0.0703. The molecule has 4 rings (SSSR count). The molecular formula is C19H18N6O2. The van der Waals surface area contributed by atoms with Gasteiger partial charge in [-0.15, -0.1) is 0 Å². The summed E-state index contributed by atoms with van der Waals surface area (Å²) in [6.07, 6.45) is 6.93. The summed E-state index contributed by atoms with van der Waals surface area (Å²) < 4.78 is 0. The van der Waals surface area contributed by atoms with Gasteiger partial charge >= 0.3 is 0 Å². The molecule has 3 heterocycles. The zero-order chi connectivity index (χ0) is 18.6. The van der Waals surface area contributed by atoms with Gasteiger partial charge in [-0.3, -0.25) is 20.0 Å². The molecule has 1 aromatic carbocycles. The number of benzene rings is 1. The average Bonchev–Trinajstić information content (AvgIpc) is 3.37. The molecule has 0 radical (unpaired) electrons. The lowest BCUT2D eigenvalue weighted by atomic mass is 10.1. The van der Waals surface area contributed by atoms with Crippen LogP contribution in [-0.4, -0.2) is 54.4 Å². The fourth-order valence-electron chi connectivity index (χ4n) is 3.01. The van der Waals surface area contributed by atoms with E-state index in [1.807, 2.05) is 30.3 Å². The highest BCUT2D eigenvalue weighted by molar-refractivity contribution is 6.05. The third-order valence-corrected chi connectivity index (χ3v) is 4.35. The highest BCUT2D eigenvalue weighted by Crippen LogP contribution is 2.25. The largest absolute Gasteiger partial charge is 0.395 e. The van der Waals surface area contributed by atoms with Gasteiger partial charge in [0.25, 0.3) is 5.91 Å². The first kappa shape index (κ1) is 16.9. The van der Waals surface area contributed by atoms with Gasteiger partial charge in [0.05, 0.1) is 18.3 Å². The number of carbonyl (C=O) groups excluding carboxylic acids is 1. The fraction of sp³-hybridized carbons (Fsp3) is 0.158. The van der Waals surface area contributed by atoms with E-state index in [2.05, 4.69) is 25.4 Å². The maximum atomic E-state index is 13.0. The Kier molecular flexibility index (Phi) is 4.63. The molecule has 0 atom stereocenters. The molecule has 8 heteroatoms. The third kappa shape index (κ3) is 3.42. The van der Waals surface area contributed by atoms with E-state index < -0.39 is 0 Å². The maximum Gasteiger partial charge on any atom is 0.275 e. The molecule has 0 aliphatic rings. The van der Waals surface area contributed by atoms with E-state index in [1.54, 1.807) is 29.7 Å². The lowest BCUT2D eigenvalue weighted by Crippen LogP contribution is -2.33. The van der Waals surface area contributed by atoms with Crippen LogP contribution in [0.25, 0.3) is 22.0 Å². The molecule has 3 aromatic heterocycles. The Labute approximate surface area is 154 Å². The van der Waals surface area contributed by atoms with E-state index in [0.717, 1.165) is 27.6 Å². The van der Waals surface area contributed by atoms with Crippen LogP contribution in [0.2, 0.25) is 0 Å². The number of carbonyl (C=O) groups is 1. The molecule has 1 amide bonds. The van der Waals surface area contributed by atoms with Crippen LogP contribution in [-0.2, 0) is 6.54 Å². The van der Waals surface area contributed by atoms with E-state index in [0.29, 0.717) is 12.2 Å². The standard InChI is InChI=1S/C19H18N6O2/c26-7-6-25(12-13-2-1-5-20-9-13)19(27)18-16-4-3-14(8-17(16)23-24-18)15-10-21-22-11-15/h1-5,8-11,26H,6-7,12H2,(H,21,22)(H,23,24). The molecule has 0 bridgehead atoms. The van der Waals surface area contributed by atoms with Crippen molar-refractivity contribution in [1.82, 2.24) is 30.3 Å². The number of aliphatic hydroxyl groups excluding tert-OH is 1. The SMILES string of the molecule is O=C(c1n[nH]c2cc(-c3cn[nH]c3)ccc12)N(CCO)Cc1cccnc1. The van der Waals surface area contributed by atoms with Gasteiger partial charge in [-0.25, -0.2) is 0 Å². The summed E-state index contributed by atoms with van der Waals surface area (Å²) >= 11 is 0. The van der Waals surface area contributed by atoms with Crippen LogP contribution in [0.1, 0.15) is 16.1 Å². The molecule has 0 aliphatic heterocycles. The van der Waals surface area contributed by atoms with Crippen molar-refractivity contribution >= 4 is 16.8 Å². The van der Waals surface area contributed by atoms with Crippen LogP contribution >= 0.6 is 0 Å². The number of aromatic nitrogens is 5. The Morgan fingerprint density at radius 3 is 2.85 bits per heavy atom. The molecule has 4 aromatic rings. The second-order valence-electron chi connectivity index (χ2n) is 6.13. The first-order valence-electron chi connectivity index (χ1n) is 8.52. The Balaban J connectivity index is 1.64. The Bertz CT molecular complexity index is 1040. The summed E-state index contributed by atoms with van der Waals surface area (Å²) in [4.78, 5) is 18.7. The van der Waals surface area contributed by atoms with E-state index in [-0.39, 0.29) is 19.1 Å². The molecule has 136 valence electrons. The summed E-state index contributed by atoms with van der Waals surface area (Å²) in [6.45, 7) is 0.447. The first-order valence-corrected chi connectivity index (χ1v) is 8.52. The van der Waals surface area contributed by atoms with Crippen molar-refractivity contribution in [3.63, 3.8) is 0 Å². The molecule has 0 saturated carbocycles. The highest BCUT2D eigenvalue weighted by Gasteiger charge is 2.21. The molecule has 27 heavy (non-hydrogen) atoms. The van der Waals surface area contributed by atoms with Crippen molar-refractivity contribution in [2.45, 2.75) is 6.54 Å². The number of fused-ring (bicyclic) bond motifs is 1. The van der Waals surface area contributed by atoms with Gasteiger partial charge in [-0.1, -0.05) is 12.1 Å². The molecule has 0 spiro atoms. The van der Waals surface area contributed by atoms with Gasteiger partial charge in [-0.05, 0) is 29.3 Å². The summed E-state index contributed by atoms with van der Waals surface area (Å²) in [5, 5.41) is 24.0. The Hall–Kier alpha value is -3.52. The van der Waals surface area contributed by atoms with Crippen LogP contribution in [0, 0.1) is 0 Å². The van der Waals surface area contributed by atoms with Crippen LogP contribution in [0.5, 0.6) is 0 Å². The zero-order valence-electron chi connectivity index (χ0n) is 14.5. The lowest BCUT2D eigenvalue weighted by Gasteiger charge is -2.20. The van der Waals surface area contributed by atoms with E-state index in [1.165, 1.54) is 0 Å². The number of H-pyrrole nitrogens is 2. The van der Waals surface area contributed by atoms with Gasteiger partial charge in [0.1, 0.15) is 0 Å². The number of amides is 1. The summed E-state index contributed by atoms with van der Waals surface area (Å²) in [5.41, 5.74) is 3.92. The van der Waals surface area contributed by atoms with E-state index >= 15 is 0 Å². The van der Waals surface area contributed by atoms with E-state index in [4.69, 9.17) is 0 Å². The minimum Gasteiger partial charge on any atom is -0.395 e. The number of hydrogen-bond acceptors (Lipinski definition) is 5. The monoisotopic (exact) mass is 362 g/mol. The van der Waals surface area contributed by atoms with Gasteiger partial charge in [0, 0.05) is 42.6 Å². The zero-order valence-corrected chi connectivity index (χ0v) is 14.5. The molecule has 8 nitrogen and oxygen atoms in total. The minimum absolute atomic E-state index is 0.126. The topological polar surface area (TPSA) is 111 Å². The third-order valence-electron chi connectivity index (χ3n) is 4.35. The van der Waals surface area contributed by atoms with Gasteiger partial charge in [-0.2, -0.15) is 10.2 Å². The van der Waals surface area contributed by atoms with Crippen LogP contribution in [0.4, 0.5) is 0 Å². The predicted octanol–water partition coefficient (Wildman–Crippen LogP) is 1.98. The molecule has 0 aliphatic carbocycles. The number of rotatable bonds is 6. The van der Waals surface area contributed by atoms with Crippen molar-refractivity contribution in [1.29, 1.82) is 0 Å². The number of nitrogens with zero attached hydrogens (tertiary/aromatic N) is 4. The van der Waals surface area contributed by atoms with Crippen LogP contribution in [0.3, 0.4) is 0 Å². The van der Waals surface area contributed by atoms with Crippen molar-refractivity contribution in [3.05, 3.63) is 66.4 Å². The van der Waals surface area contributed by atoms with Crippen molar-refractivity contribution < 1.29 is 9.90 Å². The summed E-state index contributed by atoms with van der Waals surface area (Å²) in [5.74, 6) is -0.241. The molecular weight excluding hydrogens is 344 g/mol. The van der Waals surface area contributed by atoms with Crippen molar-refractivity contribution in [3.8, 4) is 11.1 Å². The molecule has 3 N–H and O–H groups in total. The maximum absolute atomic E-state index is 13.0. The number of hydrogen-bond donors (Lipinski definition) is 3. The Morgan fingerprint density at radius 1 is 1.19 bits per heavy atom. The van der Waals surface area contributed by atoms with E-state index in [9.17, 15) is 9.90 Å². The van der Waals surface area contributed by atoms with Gasteiger partial charge in [0.2, 0.25) is 0 Å². The number of aromatic amines is 2. The van der Waals surface area contributed by atoms with Gasteiger partial charge in [0.15, 0.2) is 5.69 Å². The minimum atomic E-state index is -0.241. The predicted molar refractivity (Wildman–Crippen MR) is 99.7 cm³/mol. The average molecular weight is 362 g/mol. The van der Waals surface area contributed by atoms with Crippen molar-refractivity contribution in [2.24, 2.45) is 0 Å². The molecule has 0 unspecified atom stereocenters. The number of aliphatic hydroxyl groups is 1. The van der Waals surface area contributed by atoms with Crippen molar-refractivity contribution in [2.75, 3.05) is 13.2 Å². The molecule has 0 saturated heterocycles. The normalized spacial score (nSPS) is 11.0. The smallest absolute Gasteiger partial charge is 0.275 e. The van der Waals surface area contributed by atoms with Gasteiger partial charge < -0.3 is 10.0 Å². The highest BCUT2D eigenvalue weighted by atomic mass is 16.3. The second-order valence-corrected chi connectivity index (χ2v) is 6.13. The molecule has 0 fully saturated rings. The second kappa shape index (κ2) is 7.38. The summed E-state index contributed by atoms with van der Waals surface area (Å²) in [7, 11) is 0. The number of pyridine rings is 1. The van der Waals surface area contributed by atoms with Crippen LogP contribution < -0.4 is 0 Å². The quantitative estimate of drug-likeness (QED) is 0.486.